The van der Waals surface area contributed by atoms with Crippen LogP contribution in [0.15, 0.2) is 48.8 Å². The van der Waals surface area contributed by atoms with Gasteiger partial charge < -0.3 is 5.32 Å². The van der Waals surface area contributed by atoms with Gasteiger partial charge in [-0.1, -0.05) is 17.8 Å². The van der Waals surface area contributed by atoms with Crippen molar-refractivity contribution < 1.29 is 9.59 Å². The molecule has 5 heteroatoms. The SMILES string of the molecule is CC(=O)c1ccc(NC(=O)SCc2cccnc2)cc1. The van der Waals surface area contributed by atoms with Crippen LogP contribution in [-0.2, 0) is 5.75 Å². The Morgan fingerprint density at radius 2 is 1.95 bits per heavy atom. The molecule has 0 spiro atoms. The van der Waals surface area contributed by atoms with Crippen LogP contribution in [0.1, 0.15) is 22.8 Å². The van der Waals surface area contributed by atoms with Crippen molar-refractivity contribution in [1.82, 2.24) is 4.98 Å². The Balaban J connectivity index is 1.86. The normalized spacial score (nSPS) is 10.1. The van der Waals surface area contributed by atoms with Gasteiger partial charge in [0, 0.05) is 29.4 Å². The molecule has 0 bridgehead atoms. The number of pyridine rings is 1. The van der Waals surface area contributed by atoms with Crippen LogP contribution in [-0.4, -0.2) is 16.0 Å². The first-order valence-electron chi connectivity index (χ1n) is 6.09. The molecule has 2 rings (SSSR count). The maximum Gasteiger partial charge on any atom is 0.283 e. The molecule has 4 nitrogen and oxygen atoms in total. The summed E-state index contributed by atoms with van der Waals surface area (Å²) >= 11 is 1.18. The van der Waals surface area contributed by atoms with Crippen LogP contribution in [0.4, 0.5) is 10.5 Å². The van der Waals surface area contributed by atoms with Crippen molar-refractivity contribution in [3.63, 3.8) is 0 Å². The van der Waals surface area contributed by atoms with Gasteiger partial charge in [-0.2, -0.15) is 0 Å². The predicted octanol–water partition coefficient (Wildman–Crippen LogP) is 3.75. The second-order valence-corrected chi connectivity index (χ2v) is 5.14. The number of hydrogen-bond donors (Lipinski definition) is 1. The minimum Gasteiger partial charge on any atom is -0.317 e. The summed E-state index contributed by atoms with van der Waals surface area (Å²) in [5, 5.41) is 2.64. The number of Topliss-reactive ketones (excluding diaryl/α,β-unsaturated/α-hetero) is 1. The Labute approximate surface area is 121 Å². The van der Waals surface area contributed by atoms with E-state index in [9.17, 15) is 9.59 Å². The quantitative estimate of drug-likeness (QED) is 0.870. The fourth-order valence-electron chi connectivity index (χ4n) is 1.57. The topological polar surface area (TPSA) is 59.1 Å². The van der Waals surface area contributed by atoms with Crippen molar-refractivity contribution in [1.29, 1.82) is 0 Å². The third-order valence-electron chi connectivity index (χ3n) is 2.63. The van der Waals surface area contributed by atoms with E-state index in [1.165, 1.54) is 18.7 Å². The minimum atomic E-state index is -0.135. The molecule has 1 amide bonds. The van der Waals surface area contributed by atoms with Gasteiger partial charge >= 0.3 is 0 Å². The zero-order valence-electron chi connectivity index (χ0n) is 11.0. The van der Waals surface area contributed by atoms with E-state index in [2.05, 4.69) is 10.3 Å². The number of amides is 1. The van der Waals surface area contributed by atoms with Gasteiger partial charge in [-0.3, -0.25) is 14.6 Å². The molecule has 1 heterocycles. The Kier molecular flexibility index (Phi) is 4.90. The molecule has 20 heavy (non-hydrogen) atoms. The van der Waals surface area contributed by atoms with Gasteiger partial charge in [-0.25, -0.2) is 0 Å². The standard InChI is InChI=1S/C15H14N2O2S/c1-11(18)13-4-6-14(7-5-13)17-15(19)20-10-12-3-2-8-16-9-12/h2-9H,10H2,1H3,(H,17,19). The average Bonchev–Trinajstić information content (AvgIpc) is 2.47. The molecule has 0 unspecified atom stereocenters. The molecule has 0 saturated heterocycles. The first-order valence-corrected chi connectivity index (χ1v) is 7.07. The van der Waals surface area contributed by atoms with Gasteiger partial charge in [0.05, 0.1) is 0 Å². The van der Waals surface area contributed by atoms with Crippen LogP contribution in [0.5, 0.6) is 0 Å². The highest BCUT2D eigenvalue weighted by Gasteiger charge is 2.05. The smallest absolute Gasteiger partial charge is 0.283 e. The van der Waals surface area contributed by atoms with Gasteiger partial charge in [0.25, 0.3) is 5.24 Å². The van der Waals surface area contributed by atoms with Gasteiger partial charge in [-0.05, 0) is 42.8 Å². The second kappa shape index (κ2) is 6.86. The molecular formula is C15H14N2O2S. The number of benzene rings is 1. The molecular weight excluding hydrogens is 272 g/mol. The lowest BCUT2D eigenvalue weighted by Gasteiger charge is -2.05. The molecule has 2 aromatic rings. The summed E-state index contributed by atoms with van der Waals surface area (Å²) in [7, 11) is 0. The number of carbonyl (C=O) groups excluding carboxylic acids is 2. The number of aromatic nitrogens is 1. The maximum atomic E-state index is 11.8. The van der Waals surface area contributed by atoms with Crippen molar-refractivity contribution in [2.24, 2.45) is 0 Å². The molecule has 1 aromatic heterocycles. The third-order valence-corrected chi connectivity index (χ3v) is 3.47. The van der Waals surface area contributed by atoms with Gasteiger partial charge in [-0.15, -0.1) is 0 Å². The van der Waals surface area contributed by atoms with E-state index < -0.39 is 0 Å². The fourth-order valence-corrected chi connectivity index (χ4v) is 2.23. The van der Waals surface area contributed by atoms with Gasteiger partial charge in [0.15, 0.2) is 5.78 Å². The van der Waals surface area contributed by atoms with Crippen molar-refractivity contribution >= 4 is 28.5 Å². The number of nitrogens with one attached hydrogen (secondary N) is 1. The van der Waals surface area contributed by atoms with E-state index in [1.807, 2.05) is 12.1 Å². The molecule has 0 radical (unpaired) electrons. The van der Waals surface area contributed by atoms with Crippen molar-refractivity contribution in [3.8, 4) is 0 Å². The average molecular weight is 286 g/mol. The zero-order valence-corrected chi connectivity index (χ0v) is 11.8. The zero-order chi connectivity index (χ0) is 14.4. The second-order valence-electron chi connectivity index (χ2n) is 4.20. The molecule has 1 N–H and O–H groups in total. The number of thioether (sulfide) groups is 1. The summed E-state index contributed by atoms with van der Waals surface area (Å²) in [5.74, 6) is 0.583. The Morgan fingerprint density at radius 1 is 1.20 bits per heavy atom. The Morgan fingerprint density at radius 3 is 2.55 bits per heavy atom. The molecule has 0 atom stereocenters. The predicted molar refractivity (Wildman–Crippen MR) is 81.0 cm³/mol. The van der Waals surface area contributed by atoms with Crippen molar-refractivity contribution in [2.75, 3.05) is 5.32 Å². The lowest BCUT2D eigenvalue weighted by molar-refractivity contribution is 0.101. The van der Waals surface area contributed by atoms with Crippen molar-refractivity contribution in [2.45, 2.75) is 12.7 Å². The van der Waals surface area contributed by atoms with Crippen LogP contribution in [0.2, 0.25) is 0 Å². The van der Waals surface area contributed by atoms with E-state index >= 15 is 0 Å². The molecule has 0 fully saturated rings. The molecule has 1 aromatic carbocycles. The molecule has 0 aliphatic rings. The fraction of sp³-hybridized carbons (Fsp3) is 0.133. The number of hydrogen-bond acceptors (Lipinski definition) is 4. The van der Waals surface area contributed by atoms with E-state index in [0.29, 0.717) is 17.0 Å². The van der Waals surface area contributed by atoms with E-state index in [-0.39, 0.29) is 11.0 Å². The summed E-state index contributed by atoms with van der Waals surface area (Å²) in [5.41, 5.74) is 2.31. The summed E-state index contributed by atoms with van der Waals surface area (Å²) < 4.78 is 0. The maximum absolute atomic E-state index is 11.8. The van der Waals surface area contributed by atoms with Gasteiger partial charge in [0.2, 0.25) is 0 Å². The molecule has 0 aliphatic heterocycles. The van der Waals surface area contributed by atoms with Crippen molar-refractivity contribution in [3.05, 3.63) is 59.9 Å². The number of rotatable bonds is 4. The van der Waals surface area contributed by atoms with Crippen LogP contribution in [0.25, 0.3) is 0 Å². The highest BCUT2D eigenvalue weighted by atomic mass is 32.2. The van der Waals surface area contributed by atoms with Crippen LogP contribution >= 0.6 is 11.8 Å². The van der Waals surface area contributed by atoms with E-state index in [1.54, 1.807) is 36.7 Å². The largest absolute Gasteiger partial charge is 0.317 e. The molecule has 102 valence electrons. The lowest BCUT2D eigenvalue weighted by Crippen LogP contribution is -2.05. The first-order chi connectivity index (χ1) is 9.65. The summed E-state index contributed by atoms with van der Waals surface area (Å²) in [6, 6.07) is 10.6. The third kappa shape index (κ3) is 4.20. The first kappa shape index (κ1) is 14.3. The number of nitrogens with zero attached hydrogens (tertiary/aromatic N) is 1. The summed E-state index contributed by atoms with van der Waals surface area (Å²) in [4.78, 5) is 26.9. The summed E-state index contributed by atoms with van der Waals surface area (Å²) in [6.45, 7) is 1.51. The number of anilines is 1. The summed E-state index contributed by atoms with van der Waals surface area (Å²) in [6.07, 6.45) is 3.44. The number of ketones is 1. The minimum absolute atomic E-state index is 0.00818. The van der Waals surface area contributed by atoms with E-state index in [0.717, 1.165) is 5.56 Å². The highest BCUT2D eigenvalue weighted by Crippen LogP contribution is 2.16. The number of carbonyl (C=O) groups is 2. The van der Waals surface area contributed by atoms with Gasteiger partial charge in [0.1, 0.15) is 0 Å². The van der Waals surface area contributed by atoms with Crippen LogP contribution in [0.3, 0.4) is 0 Å². The highest BCUT2D eigenvalue weighted by molar-refractivity contribution is 8.13. The Hall–Kier alpha value is -2.14. The van der Waals surface area contributed by atoms with E-state index in [4.69, 9.17) is 0 Å². The monoisotopic (exact) mass is 286 g/mol. The molecule has 0 aliphatic carbocycles. The lowest BCUT2D eigenvalue weighted by atomic mass is 10.1. The Bertz CT molecular complexity index is 597. The van der Waals surface area contributed by atoms with Crippen LogP contribution in [0, 0.1) is 0 Å². The van der Waals surface area contributed by atoms with Crippen LogP contribution < -0.4 is 5.32 Å². The molecule has 0 saturated carbocycles.